The number of nitrogens with zero attached hydrogens (tertiary/aromatic N) is 6. The van der Waals surface area contributed by atoms with E-state index in [9.17, 15) is 9.90 Å². The van der Waals surface area contributed by atoms with Gasteiger partial charge in [0, 0.05) is 38.3 Å². The van der Waals surface area contributed by atoms with E-state index in [1.54, 1.807) is 36.2 Å². The third-order valence-corrected chi connectivity index (χ3v) is 6.32. The van der Waals surface area contributed by atoms with Gasteiger partial charge in [-0.2, -0.15) is 10.2 Å². The van der Waals surface area contributed by atoms with Crippen LogP contribution < -0.4 is 15.9 Å². The molecule has 0 unspecified atom stereocenters. The highest BCUT2D eigenvalue weighted by molar-refractivity contribution is 6.32. The summed E-state index contributed by atoms with van der Waals surface area (Å²) < 4.78 is 3.27. The van der Waals surface area contributed by atoms with E-state index in [1.165, 1.54) is 0 Å². The van der Waals surface area contributed by atoms with E-state index in [0.29, 0.717) is 29.8 Å². The molecule has 2 N–H and O–H groups in total. The molecule has 1 aliphatic rings. The Bertz CT molecular complexity index is 1260. The Morgan fingerprint density at radius 2 is 2.03 bits per heavy atom. The Kier molecular flexibility index (Phi) is 6.32. The molecule has 0 atom stereocenters. The number of aliphatic hydroxyl groups is 1. The van der Waals surface area contributed by atoms with E-state index in [4.69, 9.17) is 16.9 Å². The van der Waals surface area contributed by atoms with Crippen LogP contribution in [-0.4, -0.2) is 42.9 Å². The maximum atomic E-state index is 12.7. The summed E-state index contributed by atoms with van der Waals surface area (Å²) in [7, 11) is 1.74. The molecule has 0 saturated carbocycles. The zero-order valence-corrected chi connectivity index (χ0v) is 19.8. The number of anilines is 3. The van der Waals surface area contributed by atoms with Crippen molar-refractivity contribution < 1.29 is 5.11 Å². The quantitative estimate of drug-likeness (QED) is 0.568. The number of hydrogen-bond donors (Lipinski definition) is 2. The second-order valence-corrected chi connectivity index (χ2v) is 9.55. The molecule has 3 heterocycles. The standard InChI is InChI=1S/C23H28ClN7O2/c1-23(2,33)8-11-31-19-12-16(4-5-18(19)29(3)22(31)32)27-20-17(24)14-26-21(28-20)30-9-6-15(13-25)7-10-30/h4-5,12,14-15,33H,6-11H2,1-3H3,(H,26,27,28). The van der Waals surface area contributed by atoms with Crippen molar-refractivity contribution >= 4 is 40.1 Å². The van der Waals surface area contributed by atoms with E-state index in [0.717, 1.165) is 42.7 Å². The smallest absolute Gasteiger partial charge is 0.328 e. The number of nitriles is 1. The van der Waals surface area contributed by atoms with E-state index >= 15 is 0 Å². The van der Waals surface area contributed by atoms with Crippen LogP contribution in [0, 0.1) is 17.2 Å². The summed E-state index contributed by atoms with van der Waals surface area (Å²) in [4.78, 5) is 23.8. The molecule has 3 aromatic rings. The minimum absolute atomic E-state index is 0.0813. The summed E-state index contributed by atoms with van der Waals surface area (Å²) in [6, 6.07) is 7.97. The highest BCUT2D eigenvalue weighted by atomic mass is 35.5. The number of nitrogens with one attached hydrogen (secondary N) is 1. The second kappa shape index (κ2) is 9.04. The lowest BCUT2D eigenvalue weighted by Crippen LogP contribution is -2.34. The van der Waals surface area contributed by atoms with Crippen LogP contribution in [0.25, 0.3) is 11.0 Å². The lowest BCUT2D eigenvalue weighted by Gasteiger charge is -2.29. The largest absolute Gasteiger partial charge is 0.390 e. The van der Waals surface area contributed by atoms with Gasteiger partial charge in [-0.1, -0.05) is 11.6 Å². The van der Waals surface area contributed by atoms with Crippen LogP contribution in [-0.2, 0) is 13.6 Å². The van der Waals surface area contributed by atoms with E-state index in [1.807, 2.05) is 18.2 Å². The molecule has 0 spiro atoms. The molecule has 1 aliphatic heterocycles. The van der Waals surface area contributed by atoms with Gasteiger partial charge in [0.25, 0.3) is 0 Å². The average Bonchev–Trinajstić information content (AvgIpc) is 3.02. The maximum absolute atomic E-state index is 12.7. The number of rotatable bonds is 6. The predicted molar refractivity (Wildman–Crippen MR) is 129 cm³/mol. The van der Waals surface area contributed by atoms with Crippen molar-refractivity contribution in [2.24, 2.45) is 13.0 Å². The van der Waals surface area contributed by atoms with Gasteiger partial charge >= 0.3 is 5.69 Å². The molecule has 174 valence electrons. The zero-order chi connectivity index (χ0) is 23.8. The first-order valence-electron chi connectivity index (χ1n) is 11.0. The van der Waals surface area contributed by atoms with Gasteiger partial charge < -0.3 is 15.3 Å². The van der Waals surface area contributed by atoms with Crippen molar-refractivity contribution in [3.05, 3.63) is 39.9 Å². The molecule has 9 nitrogen and oxygen atoms in total. The highest BCUT2D eigenvalue weighted by Gasteiger charge is 2.22. The van der Waals surface area contributed by atoms with Crippen molar-refractivity contribution in [2.75, 3.05) is 23.3 Å². The Labute approximate surface area is 197 Å². The van der Waals surface area contributed by atoms with Crippen LogP contribution in [0.4, 0.5) is 17.5 Å². The summed E-state index contributed by atoms with van der Waals surface area (Å²) in [5.41, 5.74) is 1.30. The Morgan fingerprint density at radius 1 is 1.30 bits per heavy atom. The molecule has 10 heteroatoms. The van der Waals surface area contributed by atoms with E-state index < -0.39 is 5.60 Å². The molecule has 0 aliphatic carbocycles. The predicted octanol–water partition coefficient (Wildman–Crippen LogP) is 3.43. The summed E-state index contributed by atoms with van der Waals surface area (Å²) in [5, 5.41) is 22.9. The van der Waals surface area contributed by atoms with Crippen molar-refractivity contribution in [3.63, 3.8) is 0 Å². The minimum Gasteiger partial charge on any atom is -0.390 e. The molecule has 0 amide bonds. The van der Waals surface area contributed by atoms with Crippen molar-refractivity contribution in [1.82, 2.24) is 19.1 Å². The average molecular weight is 470 g/mol. The van der Waals surface area contributed by atoms with Gasteiger partial charge in [0.15, 0.2) is 5.82 Å². The van der Waals surface area contributed by atoms with Crippen LogP contribution in [0.1, 0.15) is 33.1 Å². The van der Waals surface area contributed by atoms with Gasteiger partial charge in [0.05, 0.1) is 28.9 Å². The van der Waals surface area contributed by atoms with E-state index in [2.05, 4.69) is 26.3 Å². The normalized spacial score (nSPS) is 15.1. The monoisotopic (exact) mass is 469 g/mol. The molecule has 0 radical (unpaired) electrons. The van der Waals surface area contributed by atoms with Gasteiger partial charge in [0.1, 0.15) is 5.02 Å². The molecule has 4 rings (SSSR count). The first kappa shape index (κ1) is 23.1. The topological polar surface area (TPSA) is 112 Å². The number of imidazole rings is 1. The number of benzene rings is 1. The minimum atomic E-state index is -0.871. The van der Waals surface area contributed by atoms with Crippen LogP contribution in [0.15, 0.2) is 29.2 Å². The van der Waals surface area contributed by atoms with Gasteiger partial charge in [-0.05, 0) is 51.3 Å². The van der Waals surface area contributed by atoms with Gasteiger partial charge in [-0.3, -0.25) is 9.13 Å². The summed E-state index contributed by atoms with van der Waals surface area (Å²) in [6.07, 6.45) is 3.60. The van der Waals surface area contributed by atoms with Gasteiger partial charge in [-0.15, -0.1) is 0 Å². The SMILES string of the molecule is Cn1c(=O)n(CCC(C)(C)O)c2cc(Nc3nc(N4CCC(C#N)CC4)ncc3Cl)ccc21. The molecule has 33 heavy (non-hydrogen) atoms. The summed E-state index contributed by atoms with van der Waals surface area (Å²) in [6.45, 7) is 5.31. The fourth-order valence-corrected chi connectivity index (χ4v) is 4.17. The molecular weight excluding hydrogens is 442 g/mol. The van der Waals surface area contributed by atoms with Crippen molar-refractivity contribution in [2.45, 2.75) is 45.3 Å². The summed E-state index contributed by atoms with van der Waals surface area (Å²) >= 11 is 6.37. The number of aryl methyl sites for hydroxylation is 2. The van der Waals surface area contributed by atoms with Crippen LogP contribution in [0.5, 0.6) is 0 Å². The molecule has 1 aromatic carbocycles. The third kappa shape index (κ3) is 4.97. The Balaban J connectivity index is 1.61. The zero-order valence-electron chi connectivity index (χ0n) is 19.0. The van der Waals surface area contributed by atoms with Crippen LogP contribution in [0.3, 0.4) is 0 Å². The van der Waals surface area contributed by atoms with Gasteiger partial charge in [0.2, 0.25) is 5.95 Å². The van der Waals surface area contributed by atoms with Crippen molar-refractivity contribution in [3.8, 4) is 6.07 Å². The molecule has 0 bridgehead atoms. The molecule has 2 aromatic heterocycles. The van der Waals surface area contributed by atoms with Gasteiger partial charge in [-0.25, -0.2) is 9.78 Å². The molecule has 1 saturated heterocycles. The molecule has 1 fully saturated rings. The number of hydrogen-bond acceptors (Lipinski definition) is 7. The highest BCUT2D eigenvalue weighted by Crippen LogP contribution is 2.28. The number of piperidine rings is 1. The number of aromatic nitrogens is 4. The lowest BCUT2D eigenvalue weighted by atomic mass is 9.99. The number of halogens is 1. The lowest BCUT2D eigenvalue weighted by molar-refractivity contribution is 0.0662. The number of fused-ring (bicyclic) bond motifs is 1. The first-order valence-corrected chi connectivity index (χ1v) is 11.4. The Morgan fingerprint density at radius 3 is 2.70 bits per heavy atom. The van der Waals surface area contributed by atoms with Crippen LogP contribution >= 0.6 is 11.6 Å². The second-order valence-electron chi connectivity index (χ2n) is 9.14. The Hall–Kier alpha value is -3.09. The third-order valence-electron chi connectivity index (χ3n) is 6.05. The van der Waals surface area contributed by atoms with Crippen LogP contribution in [0.2, 0.25) is 5.02 Å². The van der Waals surface area contributed by atoms with Crippen molar-refractivity contribution in [1.29, 1.82) is 5.26 Å². The summed E-state index contributed by atoms with van der Waals surface area (Å²) in [5.74, 6) is 1.13. The fraction of sp³-hybridized carbons (Fsp3) is 0.478. The fourth-order valence-electron chi connectivity index (χ4n) is 4.03. The first-order chi connectivity index (χ1) is 15.7. The molecular formula is C23H28ClN7O2. The maximum Gasteiger partial charge on any atom is 0.328 e. The van der Waals surface area contributed by atoms with E-state index in [-0.39, 0.29) is 11.6 Å².